The summed E-state index contributed by atoms with van der Waals surface area (Å²) in [6, 6.07) is 2.90. The number of rotatable bonds is 9. The second kappa shape index (κ2) is 10.1. The number of methoxy groups -OCH3 is 1. The molecule has 6 nitrogen and oxygen atoms in total. The predicted octanol–water partition coefficient (Wildman–Crippen LogP) is 3.45. The Hall–Kier alpha value is -1.95. The molecule has 0 aromatic heterocycles. The highest BCUT2D eigenvalue weighted by Gasteiger charge is 2.18. The maximum Gasteiger partial charge on any atom is 0.338 e. The van der Waals surface area contributed by atoms with E-state index in [0.717, 1.165) is 6.42 Å². The minimum Gasteiger partial charge on any atom is -0.493 e. The smallest absolute Gasteiger partial charge is 0.338 e. The van der Waals surface area contributed by atoms with E-state index in [0.29, 0.717) is 24.0 Å². The van der Waals surface area contributed by atoms with Gasteiger partial charge in [0, 0.05) is 6.04 Å². The Morgan fingerprint density at radius 1 is 1.20 bits per heavy atom. The average Bonchev–Trinajstić information content (AvgIpc) is 2.52. The Bertz CT molecular complexity index is 601. The van der Waals surface area contributed by atoms with Gasteiger partial charge in [-0.3, -0.25) is 4.79 Å². The summed E-state index contributed by atoms with van der Waals surface area (Å²) in [5.41, 5.74) is 0.190. The molecule has 1 N–H and O–H groups in total. The number of halogens is 1. The summed E-state index contributed by atoms with van der Waals surface area (Å²) in [7, 11) is 1.46. The molecule has 1 aromatic rings. The van der Waals surface area contributed by atoms with Crippen LogP contribution in [0.5, 0.6) is 11.5 Å². The zero-order chi connectivity index (χ0) is 19.0. The third-order valence-corrected chi connectivity index (χ3v) is 3.47. The van der Waals surface area contributed by atoms with E-state index in [9.17, 15) is 9.59 Å². The second-order valence-corrected chi connectivity index (χ2v) is 6.73. The molecule has 0 aliphatic rings. The lowest BCUT2D eigenvalue weighted by molar-refractivity contribution is -0.124. The number of ether oxygens (including phenoxy) is 3. The topological polar surface area (TPSA) is 73.9 Å². The zero-order valence-electron chi connectivity index (χ0n) is 15.3. The van der Waals surface area contributed by atoms with Gasteiger partial charge in [-0.25, -0.2) is 4.79 Å². The van der Waals surface area contributed by atoms with Gasteiger partial charge in [-0.15, -0.1) is 0 Å². The Kier molecular flexibility index (Phi) is 8.55. The molecule has 0 saturated carbocycles. The van der Waals surface area contributed by atoms with Crippen molar-refractivity contribution in [2.24, 2.45) is 5.92 Å². The lowest BCUT2D eigenvalue weighted by atomic mass is 10.1. The number of nitrogens with one attached hydrogen (secondary N) is 1. The third-order valence-electron chi connectivity index (χ3n) is 3.19. The Balaban J connectivity index is 2.79. The zero-order valence-corrected chi connectivity index (χ0v) is 16.1. The number of amides is 1. The second-order valence-electron chi connectivity index (χ2n) is 6.32. The maximum atomic E-state index is 12.1. The SMILES string of the molecule is COc1cc(C(=O)OCC(=O)NC(C)C)cc(Cl)c1OCCC(C)C. The van der Waals surface area contributed by atoms with E-state index in [1.54, 1.807) is 0 Å². The summed E-state index contributed by atoms with van der Waals surface area (Å²) in [5.74, 6) is 0.202. The molecule has 7 heteroatoms. The standard InChI is InChI=1S/C18H26ClNO5/c1-11(2)6-7-24-17-14(19)8-13(9-15(17)23-5)18(22)25-10-16(21)20-12(3)4/h8-9,11-12H,6-7,10H2,1-5H3,(H,20,21). The van der Waals surface area contributed by atoms with Gasteiger partial charge < -0.3 is 19.5 Å². The van der Waals surface area contributed by atoms with E-state index in [4.69, 9.17) is 25.8 Å². The van der Waals surface area contributed by atoms with Crippen molar-refractivity contribution >= 4 is 23.5 Å². The summed E-state index contributed by atoms with van der Waals surface area (Å²) >= 11 is 6.21. The fraction of sp³-hybridized carbons (Fsp3) is 0.556. The first kappa shape index (κ1) is 21.1. The number of hydrogen-bond acceptors (Lipinski definition) is 5. The molecule has 1 amide bonds. The van der Waals surface area contributed by atoms with Gasteiger partial charge in [0.1, 0.15) is 0 Å². The van der Waals surface area contributed by atoms with Crippen LogP contribution >= 0.6 is 11.6 Å². The van der Waals surface area contributed by atoms with Crippen LogP contribution in [-0.2, 0) is 9.53 Å². The summed E-state index contributed by atoms with van der Waals surface area (Å²) in [6.45, 7) is 7.97. The monoisotopic (exact) mass is 371 g/mol. The van der Waals surface area contributed by atoms with Crippen LogP contribution < -0.4 is 14.8 Å². The van der Waals surface area contributed by atoms with Gasteiger partial charge in [-0.05, 0) is 38.3 Å². The van der Waals surface area contributed by atoms with Crippen molar-refractivity contribution in [2.45, 2.75) is 40.2 Å². The molecule has 0 aliphatic heterocycles. The number of benzene rings is 1. The van der Waals surface area contributed by atoms with Crippen LogP contribution in [0, 0.1) is 5.92 Å². The summed E-state index contributed by atoms with van der Waals surface area (Å²) in [5, 5.41) is 2.89. The Morgan fingerprint density at radius 3 is 2.44 bits per heavy atom. The predicted molar refractivity (Wildman–Crippen MR) is 96.5 cm³/mol. The fourth-order valence-electron chi connectivity index (χ4n) is 1.95. The van der Waals surface area contributed by atoms with Crippen LogP contribution in [0.2, 0.25) is 5.02 Å². The average molecular weight is 372 g/mol. The molecular formula is C18H26ClNO5. The van der Waals surface area contributed by atoms with Crippen LogP contribution in [0.15, 0.2) is 12.1 Å². The molecule has 0 fully saturated rings. The first-order valence-corrected chi connectivity index (χ1v) is 8.59. The molecule has 0 heterocycles. The van der Waals surface area contributed by atoms with Crippen molar-refractivity contribution in [1.29, 1.82) is 0 Å². The van der Waals surface area contributed by atoms with Gasteiger partial charge in [0.2, 0.25) is 0 Å². The van der Waals surface area contributed by atoms with E-state index in [1.807, 2.05) is 13.8 Å². The molecule has 0 atom stereocenters. The van der Waals surface area contributed by atoms with Crippen molar-refractivity contribution in [1.82, 2.24) is 5.32 Å². The van der Waals surface area contributed by atoms with Gasteiger partial charge in [0.05, 0.1) is 24.3 Å². The van der Waals surface area contributed by atoms with Crippen molar-refractivity contribution < 1.29 is 23.8 Å². The van der Waals surface area contributed by atoms with Crippen molar-refractivity contribution in [2.75, 3.05) is 20.3 Å². The first-order valence-electron chi connectivity index (χ1n) is 8.21. The Morgan fingerprint density at radius 2 is 1.88 bits per heavy atom. The number of esters is 1. The first-order chi connectivity index (χ1) is 11.7. The molecule has 0 radical (unpaired) electrons. The Labute approximate surface area is 153 Å². The normalized spacial score (nSPS) is 10.7. The van der Waals surface area contributed by atoms with Crippen LogP contribution in [-0.4, -0.2) is 38.2 Å². The van der Waals surface area contributed by atoms with Gasteiger partial charge in [-0.2, -0.15) is 0 Å². The lowest BCUT2D eigenvalue weighted by Crippen LogP contribution is -2.33. The van der Waals surface area contributed by atoms with Crippen LogP contribution in [0.1, 0.15) is 44.5 Å². The maximum absolute atomic E-state index is 12.1. The summed E-state index contributed by atoms with van der Waals surface area (Å²) in [4.78, 5) is 23.7. The van der Waals surface area contributed by atoms with Crippen LogP contribution in [0.25, 0.3) is 0 Å². The van der Waals surface area contributed by atoms with Gasteiger partial charge in [0.25, 0.3) is 5.91 Å². The van der Waals surface area contributed by atoms with E-state index in [2.05, 4.69) is 19.2 Å². The van der Waals surface area contributed by atoms with Gasteiger partial charge >= 0.3 is 5.97 Å². The minimum atomic E-state index is -0.659. The quantitative estimate of drug-likeness (QED) is 0.673. The molecule has 25 heavy (non-hydrogen) atoms. The van der Waals surface area contributed by atoms with Crippen LogP contribution in [0.4, 0.5) is 0 Å². The highest BCUT2D eigenvalue weighted by molar-refractivity contribution is 6.32. The van der Waals surface area contributed by atoms with E-state index >= 15 is 0 Å². The summed E-state index contributed by atoms with van der Waals surface area (Å²) < 4.78 is 15.9. The number of carbonyl (C=O) groups is 2. The molecule has 0 spiro atoms. The molecule has 1 aromatic carbocycles. The van der Waals surface area contributed by atoms with Crippen molar-refractivity contribution in [3.8, 4) is 11.5 Å². The highest BCUT2D eigenvalue weighted by atomic mass is 35.5. The van der Waals surface area contributed by atoms with Gasteiger partial charge in [0.15, 0.2) is 18.1 Å². The number of carbonyl (C=O) groups excluding carboxylic acids is 2. The number of hydrogen-bond donors (Lipinski definition) is 1. The van der Waals surface area contributed by atoms with E-state index < -0.39 is 5.97 Å². The molecule has 0 saturated heterocycles. The minimum absolute atomic E-state index is 0.0250. The summed E-state index contributed by atoms with van der Waals surface area (Å²) in [6.07, 6.45) is 0.869. The van der Waals surface area contributed by atoms with E-state index in [-0.39, 0.29) is 29.1 Å². The molecular weight excluding hydrogens is 346 g/mol. The fourth-order valence-corrected chi connectivity index (χ4v) is 2.22. The molecule has 1 rings (SSSR count). The molecule has 140 valence electrons. The van der Waals surface area contributed by atoms with Crippen molar-refractivity contribution in [3.05, 3.63) is 22.7 Å². The molecule has 0 aliphatic carbocycles. The lowest BCUT2D eigenvalue weighted by Gasteiger charge is -2.15. The van der Waals surface area contributed by atoms with Crippen molar-refractivity contribution in [3.63, 3.8) is 0 Å². The van der Waals surface area contributed by atoms with Gasteiger partial charge in [-0.1, -0.05) is 25.4 Å². The third kappa shape index (κ3) is 7.22. The largest absolute Gasteiger partial charge is 0.493 e. The van der Waals surface area contributed by atoms with E-state index in [1.165, 1.54) is 19.2 Å². The van der Waals surface area contributed by atoms with Crippen LogP contribution in [0.3, 0.4) is 0 Å². The highest BCUT2D eigenvalue weighted by Crippen LogP contribution is 2.36. The molecule has 0 unspecified atom stereocenters. The molecule has 0 bridgehead atoms.